The second kappa shape index (κ2) is 5.74. The smallest absolute Gasteiger partial charge is 0.346 e. The van der Waals surface area contributed by atoms with Crippen LogP contribution in [-0.2, 0) is 9.53 Å². The van der Waals surface area contributed by atoms with E-state index in [0.717, 1.165) is 0 Å². The number of carbonyl (C=O) groups excluding carboxylic acids is 2. The van der Waals surface area contributed by atoms with Crippen molar-refractivity contribution in [2.24, 2.45) is 5.73 Å². The van der Waals surface area contributed by atoms with E-state index in [2.05, 4.69) is 0 Å². The number of amides is 1. The van der Waals surface area contributed by atoms with Crippen LogP contribution in [0.2, 0.25) is 0 Å². The van der Waals surface area contributed by atoms with E-state index in [9.17, 15) is 9.59 Å². The lowest BCUT2D eigenvalue weighted by Crippen LogP contribution is -2.21. The van der Waals surface area contributed by atoms with Crippen molar-refractivity contribution in [1.82, 2.24) is 0 Å². The number of carbonyl (C=O) groups is 2. The maximum Gasteiger partial charge on any atom is 0.346 e. The Morgan fingerprint density at radius 2 is 1.71 bits per heavy atom. The maximum atomic E-state index is 11.7. The van der Waals surface area contributed by atoms with E-state index < -0.39 is 18.5 Å². The highest BCUT2D eigenvalue weighted by molar-refractivity contribution is 5.96. The molecule has 0 fully saturated rings. The largest absolute Gasteiger partial charge is 0.496 e. The molecule has 0 spiro atoms. The van der Waals surface area contributed by atoms with Gasteiger partial charge in [0.1, 0.15) is 17.1 Å². The standard InChI is InChI=1S/C11H13NO5/c1-15-7-4-3-5-8(16-2)10(7)11(14)17-6-9(12)13/h3-5H,6H2,1-2H3,(H2,12,13). The minimum Gasteiger partial charge on any atom is -0.496 e. The molecule has 1 rings (SSSR count). The van der Waals surface area contributed by atoms with E-state index in [1.165, 1.54) is 14.2 Å². The van der Waals surface area contributed by atoms with Gasteiger partial charge < -0.3 is 19.9 Å². The molecule has 0 aliphatic rings. The maximum absolute atomic E-state index is 11.7. The normalized spacial score (nSPS) is 9.53. The summed E-state index contributed by atoms with van der Waals surface area (Å²) < 4.78 is 14.7. The molecule has 2 N–H and O–H groups in total. The number of rotatable bonds is 5. The Kier molecular flexibility index (Phi) is 4.33. The second-order valence-electron chi connectivity index (χ2n) is 3.08. The number of methoxy groups -OCH3 is 2. The molecular formula is C11H13NO5. The van der Waals surface area contributed by atoms with Gasteiger partial charge in [-0.05, 0) is 12.1 Å². The highest BCUT2D eigenvalue weighted by atomic mass is 16.5. The van der Waals surface area contributed by atoms with Crippen molar-refractivity contribution in [3.05, 3.63) is 23.8 Å². The van der Waals surface area contributed by atoms with Gasteiger partial charge in [-0.2, -0.15) is 0 Å². The molecule has 1 aromatic carbocycles. The van der Waals surface area contributed by atoms with E-state index in [1.54, 1.807) is 18.2 Å². The second-order valence-corrected chi connectivity index (χ2v) is 3.08. The van der Waals surface area contributed by atoms with Crippen molar-refractivity contribution in [3.63, 3.8) is 0 Å². The first-order chi connectivity index (χ1) is 8.10. The molecule has 0 aliphatic heterocycles. The molecule has 1 aromatic rings. The van der Waals surface area contributed by atoms with Crippen LogP contribution in [0.4, 0.5) is 0 Å². The van der Waals surface area contributed by atoms with Crippen LogP contribution in [0.5, 0.6) is 11.5 Å². The first-order valence-electron chi connectivity index (χ1n) is 4.76. The zero-order valence-electron chi connectivity index (χ0n) is 9.56. The fourth-order valence-electron chi connectivity index (χ4n) is 1.26. The summed E-state index contributed by atoms with van der Waals surface area (Å²) in [6.07, 6.45) is 0. The molecule has 0 unspecified atom stereocenters. The molecule has 0 heterocycles. The molecule has 0 saturated carbocycles. The Bertz CT molecular complexity index is 408. The lowest BCUT2D eigenvalue weighted by molar-refractivity contribution is -0.121. The van der Waals surface area contributed by atoms with Gasteiger partial charge in [0, 0.05) is 0 Å². The number of esters is 1. The van der Waals surface area contributed by atoms with Gasteiger partial charge in [0.15, 0.2) is 6.61 Å². The molecule has 1 amide bonds. The summed E-state index contributed by atoms with van der Waals surface area (Å²) in [4.78, 5) is 22.2. The molecular weight excluding hydrogens is 226 g/mol. The first kappa shape index (κ1) is 12.8. The van der Waals surface area contributed by atoms with Crippen LogP contribution in [0.3, 0.4) is 0 Å². The van der Waals surface area contributed by atoms with E-state index >= 15 is 0 Å². The van der Waals surface area contributed by atoms with Crippen LogP contribution in [-0.4, -0.2) is 32.7 Å². The van der Waals surface area contributed by atoms with E-state index in [0.29, 0.717) is 11.5 Å². The fourth-order valence-corrected chi connectivity index (χ4v) is 1.26. The van der Waals surface area contributed by atoms with Crippen molar-refractivity contribution in [2.75, 3.05) is 20.8 Å². The minimum atomic E-state index is -0.729. The molecule has 17 heavy (non-hydrogen) atoms. The number of primary amides is 1. The number of benzene rings is 1. The van der Waals surface area contributed by atoms with Crippen LogP contribution in [0.15, 0.2) is 18.2 Å². The quantitative estimate of drug-likeness (QED) is 0.749. The SMILES string of the molecule is COc1cccc(OC)c1C(=O)OCC(N)=O. The third kappa shape index (κ3) is 3.10. The molecule has 6 heteroatoms. The van der Waals surface area contributed by atoms with Gasteiger partial charge in [-0.25, -0.2) is 4.79 Å². The Morgan fingerprint density at radius 1 is 1.18 bits per heavy atom. The molecule has 0 atom stereocenters. The van der Waals surface area contributed by atoms with Crippen molar-refractivity contribution >= 4 is 11.9 Å². The molecule has 0 saturated heterocycles. The van der Waals surface area contributed by atoms with Gasteiger partial charge in [-0.15, -0.1) is 0 Å². The lowest BCUT2D eigenvalue weighted by Gasteiger charge is -2.11. The Hall–Kier alpha value is -2.24. The summed E-state index contributed by atoms with van der Waals surface area (Å²) in [6.45, 7) is -0.486. The van der Waals surface area contributed by atoms with Gasteiger partial charge in [0.25, 0.3) is 5.91 Å². The Morgan fingerprint density at radius 3 is 2.12 bits per heavy atom. The summed E-state index contributed by atoms with van der Waals surface area (Å²) >= 11 is 0. The van der Waals surface area contributed by atoms with Gasteiger partial charge in [0.2, 0.25) is 0 Å². The third-order valence-corrected chi connectivity index (χ3v) is 1.98. The Balaban J connectivity index is 3.01. The van der Waals surface area contributed by atoms with Gasteiger partial charge in [-0.1, -0.05) is 6.07 Å². The zero-order chi connectivity index (χ0) is 12.8. The van der Waals surface area contributed by atoms with Crippen LogP contribution >= 0.6 is 0 Å². The van der Waals surface area contributed by atoms with Crippen LogP contribution in [0, 0.1) is 0 Å². The molecule has 92 valence electrons. The van der Waals surface area contributed by atoms with Crippen molar-refractivity contribution in [2.45, 2.75) is 0 Å². The number of hydrogen-bond donors (Lipinski definition) is 1. The topological polar surface area (TPSA) is 87.8 Å². The predicted octanol–water partition coefficient (Wildman–Crippen LogP) is 0.346. The van der Waals surface area contributed by atoms with Gasteiger partial charge >= 0.3 is 5.97 Å². The molecule has 6 nitrogen and oxygen atoms in total. The average molecular weight is 239 g/mol. The first-order valence-corrected chi connectivity index (χ1v) is 4.76. The summed E-state index contributed by atoms with van der Waals surface area (Å²) in [5.41, 5.74) is 5.01. The summed E-state index contributed by atoms with van der Waals surface area (Å²) in [6, 6.07) is 4.84. The van der Waals surface area contributed by atoms with E-state index in [4.69, 9.17) is 19.9 Å². The molecule has 0 bridgehead atoms. The molecule has 0 aromatic heterocycles. The number of hydrogen-bond acceptors (Lipinski definition) is 5. The summed E-state index contributed by atoms with van der Waals surface area (Å²) in [5, 5.41) is 0. The average Bonchev–Trinajstić information content (AvgIpc) is 2.34. The molecule has 0 radical (unpaired) electrons. The molecule has 0 aliphatic carbocycles. The summed E-state index contributed by atoms with van der Waals surface area (Å²) in [5.74, 6) is -0.844. The van der Waals surface area contributed by atoms with E-state index in [1.807, 2.05) is 0 Å². The predicted molar refractivity (Wildman–Crippen MR) is 59.0 cm³/mol. The number of nitrogens with two attached hydrogens (primary N) is 1. The van der Waals surface area contributed by atoms with Gasteiger partial charge in [-0.3, -0.25) is 4.79 Å². The fraction of sp³-hybridized carbons (Fsp3) is 0.273. The van der Waals surface area contributed by atoms with Crippen molar-refractivity contribution in [1.29, 1.82) is 0 Å². The van der Waals surface area contributed by atoms with Crippen molar-refractivity contribution in [3.8, 4) is 11.5 Å². The highest BCUT2D eigenvalue weighted by Crippen LogP contribution is 2.28. The third-order valence-electron chi connectivity index (χ3n) is 1.98. The van der Waals surface area contributed by atoms with Crippen molar-refractivity contribution < 1.29 is 23.8 Å². The van der Waals surface area contributed by atoms with Gasteiger partial charge in [0.05, 0.1) is 14.2 Å². The van der Waals surface area contributed by atoms with Crippen LogP contribution < -0.4 is 15.2 Å². The van der Waals surface area contributed by atoms with Crippen LogP contribution in [0.1, 0.15) is 10.4 Å². The van der Waals surface area contributed by atoms with Crippen LogP contribution in [0.25, 0.3) is 0 Å². The lowest BCUT2D eigenvalue weighted by atomic mass is 10.2. The Labute approximate surface area is 98.3 Å². The van der Waals surface area contributed by atoms with E-state index in [-0.39, 0.29) is 5.56 Å². The zero-order valence-corrected chi connectivity index (χ0v) is 9.56. The minimum absolute atomic E-state index is 0.124. The number of ether oxygens (including phenoxy) is 3. The summed E-state index contributed by atoms with van der Waals surface area (Å²) in [7, 11) is 2.83. The highest BCUT2D eigenvalue weighted by Gasteiger charge is 2.19. The monoisotopic (exact) mass is 239 g/mol.